The third-order valence-corrected chi connectivity index (χ3v) is 2.67. The molecule has 16 heavy (non-hydrogen) atoms. The molecule has 1 aromatic rings. The maximum atomic E-state index is 12.0. The quantitative estimate of drug-likeness (QED) is 0.767. The minimum absolute atomic E-state index is 0.0322. The molecule has 1 atom stereocenters. The van der Waals surface area contributed by atoms with Crippen LogP contribution in [0.25, 0.3) is 0 Å². The molecule has 1 rings (SSSR count). The van der Waals surface area contributed by atoms with Crippen LogP contribution in [0.15, 0.2) is 18.2 Å². The Morgan fingerprint density at radius 2 is 1.75 bits per heavy atom. The molecule has 2 nitrogen and oxygen atoms in total. The Balaban J connectivity index is 3.09. The van der Waals surface area contributed by atoms with Gasteiger partial charge in [-0.3, -0.25) is 4.79 Å². The molecule has 0 aliphatic rings. The van der Waals surface area contributed by atoms with Gasteiger partial charge in [0.2, 0.25) is 0 Å². The van der Waals surface area contributed by atoms with E-state index in [1.807, 2.05) is 19.9 Å². The van der Waals surface area contributed by atoms with Gasteiger partial charge in [-0.2, -0.15) is 5.26 Å². The fraction of sp³-hybridized carbons (Fsp3) is 0.333. The van der Waals surface area contributed by atoms with Gasteiger partial charge >= 0.3 is 0 Å². The highest BCUT2D eigenvalue weighted by atomic mass is 35.5. The molecule has 0 spiro atoms. The Bertz CT molecular complexity index is 429. The fourth-order valence-electron chi connectivity index (χ4n) is 1.39. The average Bonchev–Trinajstić information content (AvgIpc) is 2.16. The molecule has 0 saturated heterocycles. The molecular formula is C12H11Cl2NO. The number of rotatable bonds is 3. The molecule has 0 saturated carbocycles. The summed E-state index contributed by atoms with van der Waals surface area (Å²) in [5.41, 5.74) is 0.387. The second kappa shape index (κ2) is 5.34. The molecule has 4 heteroatoms. The normalized spacial score (nSPS) is 12.2. The Morgan fingerprint density at radius 1 is 1.25 bits per heavy atom. The number of nitrogens with zero attached hydrogens (tertiary/aromatic N) is 1. The van der Waals surface area contributed by atoms with E-state index >= 15 is 0 Å². The second-order valence-electron chi connectivity index (χ2n) is 3.87. The van der Waals surface area contributed by atoms with Crippen molar-refractivity contribution in [1.29, 1.82) is 5.26 Å². The van der Waals surface area contributed by atoms with E-state index in [9.17, 15) is 4.79 Å². The molecule has 0 aliphatic heterocycles. The predicted octanol–water partition coefficient (Wildman–Crippen LogP) is 3.97. The number of halogens is 2. The minimum atomic E-state index is -0.658. The molecule has 0 radical (unpaired) electrons. The topological polar surface area (TPSA) is 40.9 Å². The van der Waals surface area contributed by atoms with Gasteiger partial charge in [0.15, 0.2) is 5.78 Å². The van der Waals surface area contributed by atoms with E-state index in [0.717, 1.165) is 0 Å². The summed E-state index contributed by atoms with van der Waals surface area (Å²) in [4.78, 5) is 12.0. The molecule has 0 N–H and O–H groups in total. The number of ketones is 1. The van der Waals surface area contributed by atoms with E-state index in [-0.39, 0.29) is 11.7 Å². The number of Topliss-reactive ketones (excluding diaryl/α,β-unsaturated/α-hetero) is 1. The van der Waals surface area contributed by atoms with E-state index in [1.165, 1.54) is 12.1 Å². The lowest BCUT2D eigenvalue weighted by Gasteiger charge is -2.11. The van der Waals surface area contributed by atoms with Crippen LogP contribution in [-0.4, -0.2) is 5.78 Å². The van der Waals surface area contributed by atoms with Crippen molar-refractivity contribution < 1.29 is 4.79 Å². The van der Waals surface area contributed by atoms with Crippen molar-refractivity contribution in [3.05, 3.63) is 33.8 Å². The van der Waals surface area contributed by atoms with Crippen LogP contribution in [0.4, 0.5) is 0 Å². The molecule has 1 aromatic carbocycles. The summed E-state index contributed by atoms with van der Waals surface area (Å²) in [5, 5.41) is 9.73. The van der Waals surface area contributed by atoms with E-state index in [0.29, 0.717) is 15.6 Å². The van der Waals surface area contributed by atoms with Gasteiger partial charge < -0.3 is 0 Å². The van der Waals surface area contributed by atoms with Crippen LogP contribution >= 0.6 is 23.2 Å². The highest BCUT2D eigenvalue weighted by molar-refractivity contribution is 6.35. The predicted molar refractivity (Wildman–Crippen MR) is 64.7 cm³/mol. The lowest BCUT2D eigenvalue weighted by Crippen LogP contribution is -2.18. The second-order valence-corrected chi connectivity index (χ2v) is 4.75. The van der Waals surface area contributed by atoms with Crippen molar-refractivity contribution in [3.63, 3.8) is 0 Å². The van der Waals surface area contributed by atoms with Crippen LogP contribution in [0.2, 0.25) is 10.0 Å². The van der Waals surface area contributed by atoms with Gasteiger partial charge in [0, 0.05) is 15.6 Å². The Morgan fingerprint density at radius 3 is 2.12 bits per heavy atom. The summed E-state index contributed by atoms with van der Waals surface area (Å²) in [6.45, 7) is 3.66. The van der Waals surface area contributed by atoms with E-state index in [4.69, 9.17) is 28.5 Å². The minimum Gasteiger partial charge on any atom is -0.293 e. The standard InChI is InChI=1S/C12H11Cl2NO/c1-7(2)11(6-15)12(16)8-3-9(13)5-10(14)4-8/h3-5,7,11H,1-2H3. The van der Waals surface area contributed by atoms with Gasteiger partial charge in [0.25, 0.3) is 0 Å². The van der Waals surface area contributed by atoms with Crippen LogP contribution < -0.4 is 0 Å². The van der Waals surface area contributed by atoms with Crippen LogP contribution in [0, 0.1) is 23.2 Å². The lowest BCUT2D eigenvalue weighted by molar-refractivity contribution is 0.0924. The molecule has 84 valence electrons. The van der Waals surface area contributed by atoms with Crippen molar-refractivity contribution in [2.45, 2.75) is 13.8 Å². The third-order valence-electron chi connectivity index (χ3n) is 2.24. The Hall–Kier alpha value is -1.04. The van der Waals surface area contributed by atoms with E-state index < -0.39 is 5.92 Å². The van der Waals surface area contributed by atoms with Crippen molar-refractivity contribution >= 4 is 29.0 Å². The largest absolute Gasteiger partial charge is 0.293 e. The zero-order chi connectivity index (χ0) is 12.3. The number of hydrogen-bond donors (Lipinski definition) is 0. The number of nitriles is 1. The summed E-state index contributed by atoms with van der Waals surface area (Å²) >= 11 is 11.6. The summed E-state index contributed by atoms with van der Waals surface area (Å²) in [5.74, 6) is -0.924. The summed E-state index contributed by atoms with van der Waals surface area (Å²) in [7, 11) is 0. The first-order valence-electron chi connectivity index (χ1n) is 4.85. The first kappa shape index (κ1) is 13.0. The molecule has 0 amide bonds. The van der Waals surface area contributed by atoms with E-state index in [2.05, 4.69) is 0 Å². The van der Waals surface area contributed by atoms with Crippen molar-refractivity contribution in [1.82, 2.24) is 0 Å². The Kier molecular flexibility index (Phi) is 4.35. The first-order chi connectivity index (χ1) is 7.45. The molecule has 1 unspecified atom stereocenters. The zero-order valence-electron chi connectivity index (χ0n) is 9.00. The lowest BCUT2D eigenvalue weighted by atomic mass is 9.89. The van der Waals surface area contributed by atoms with Crippen molar-refractivity contribution in [3.8, 4) is 6.07 Å². The summed E-state index contributed by atoms with van der Waals surface area (Å²) in [6, 6.07) is 6.62. The maximum absolute atomic E-state index is 12.0. The average molecular weight is 256 g/mol. The number of benzene rings is 1. The number of carbonyl (C=O) groups excluding carboxylic acids is 1. The van der Waals surface area contributed by atoms with Gasteiger partial charge in [0.1, 0.15) is 5.92 Å². The van der Waals surface area contributed by atoms with Crippen LogP contribution in [0.1, 0.15) is 24.2 Å². The number of hydrogen-bond acceptors (Lipinski definition) is 2. The molecule has 0 aromatic heterocycles. The highest BCUT2D eigenvalue weighted by Gasteiger charge is 2.23. The molecular weight excluding hydrogens is 245 g/mol. The summed E-state index contributed by atoms with van der Waals surface area (Å²) < 4.78 is 0. The summed E-state index contributed by atoms with van der Waals surface area (Å²) in [6.07, 6.45) is 0. The van der Waals surface area contributed by atoms with Gasteiger partial charge in [-0.05, 0) is 24.1 Å². The van der Waals surface area contributed by atoms with Gasteiger partial charge in [-0.25, -0.2) is 0 Å². The smallest absolute Gasteiger partial charge is 0.180 e. The SMILES string of the molecule is CC(C)C(C#N)C(=O)c1cc(Cl)cc(Cl)c1. The molecule has 0 heterocycles. The van der Waals surface area contributed by atoms with Crippen molar-refractivity contribution in [2.75, 3.05) is 0 Å². The molecule has 0 aliphatic carbocycles. The van der Waals surface area contributed by atoms with Crippen LogP contribution in [0.3, 0.4) is 0 Å². The highest BCUT2D eigenvalue weighted by Crippen LogP contribution is 2.23. The monoisotopic (exact) mass is 255 g/mol. The van der Waals surface area contributed by atoms with Crippen LogP contribution in [-0.2, 0) is 0 Å². The van der Waals surface area contributed by atoms with Crippen molar-refractivity contribution in [2.24, 2.45) is 11.8 Å². The fourth-order valence-corrected chi connectivity index (χ4v) is 1.91. The first-order valence-corrected chi connectivity index (χ1v) is 5.61. The molecule has 0 bridgehead atoms. The number of carbonyl (C=O) groups is 1. The zero-order valence-corrected chi connectivity index (χ0v) is 10.5. The third kappa shape index (κ3) is 2.98. The molecule has 0 fully saturated rings. The van der Waals surface area contributed by atoms with E-state index in [1.54, 1.807) is 6.07 Å². The maximum Gasteiger partial charge on any atom is 0.180 e. The van der Waals surface area contributed by atoms with Gasteiger partial charge in [-0.1, -0.05) is 37.0 Å². The van der Waals surface area contributed by atoms with Crippen LogP contribution in [0.5, 0.6) is 0 Å². The van der Waals surface area contributed by atoms with Gasteiger partial charge in [0.05, 0.1) is 6.07 Å². The van der Waals surface area contributed by atoms with Gasteiger partial charge in [-0.15, -0.1) is 0 Å². The Labute approximate surface area is 105 Å².